The van der Waals surface area contributed by atoms with Crippen molar-refractivity contribution in [1.29, 1.82) is 5.26 Å². The van der Waals surface area contributed by atoms with Crippen LogP contribution in [-0.4, -0.2) is 24.0 Å². The van der Waals surface area contributed by atoms with Gasteiger partial charge in [0.2, 0.25) is 5.91 Å². The average Bonchev–Trinajstić information content (AvgIpc) is 3.23. The lowest BCUT2D eigenvalue weighted by atomic mass is 9.95. The van der Waals surface area contributed by atoms with Crippen LogP contribution in [0.1, 0.15) is 18.4 Å². The van der Waals surface area contributed by atoms with Crippen LogP contribution in [0.15, 0.2) is 66.9 Å². The molecule has 0 saturated carbocycles. The summed E-state index contributed by atoms with van der Waals surface area (Å²) in [7, 11) is 0. The molecule has 28 heavy (non-hydrogen) atoms. The van der Waals surface area contributed by atoms with Gasteiger partial charge >= 0.3 is 0 Å². The number of allylic oxidation sites excluding steroid dienone is 1. The number of hydrogen-bond acceptors (Lipinski definition) is 3. The van der Waals surface area contributed by atoms with Crippen molar-refractivity contribution < 1.29 is 4.79 Å². The van der Waals surface area contributed by atoms with Gasteiger partial charge in [-0.1, -0.05) is 30.3 Å². The predicted molar refractivity (Wildman–Crippen MR) is 112 cm³/mol. The molecule has 0 spiro atoms. The van der Waals surface area contributed by atoms with E-state index in [2.05, 4.69) is 21.3 Å². The Bertz CT molecular complexity index is 1050. The van der Waals surface area contributed by atoms with Crippen LogP contribution in [-0.2, 0) is 4.79 Å². The second-order valence-corrected chi connectivity index (χ2v) is 7.05. The molecular weight excluding hydrogens is 348 g/mol. The fraction of sp³-hybridized carbons (Fsp3) is 0.217. The Morgan fingerprint density at radius 2 is 1.96 bits per heavy atom. The third-order valence-electron chi connectivity index (χ3n) is 5.27. The first-order valence-electron chi connectivity index (χ1n) is 9.54. The number of amides is 1. The summed E-state index contributed by atoms with van der Waals surface area (Å²) in [6, 6.07) is 17.8. The number of H-pyrrole nitrogens is 1. The Morgan fingerprint density at radius 3 is 2.79 bits per heavy atom. The van der Waals surface area contributed by atoms with E-state index in [1.807, 2.05) is 60.8 Å². The Morgan fingerprint density at radius 1 is 1.14 bits per heavy atom. The number of rotatable bonds is 4. The molecule has 140 valence electrons. The van der Waals surface area contributed by atoms with Crippen molar-refractivity contribution in [2.75, 3.05) is 23.3 Å². The minimum atomic E-state index is -0.112. The van der Waals surface area contributed by atoms with E-state index >= 15 is 0 Å². The fourth-order valence-electron chi connectivity index (χ4n) is 3.76. The van der Waals surface area contributed by atoms with Crippen LogP contribution < -0.4 is 10.2 Å². The number of fused-ring (bicyclic) bond motifs is 1. The molecule has 1 aliphatic heterocycles. The summed E-state index contributed by atoms with van der Waals surface area (Å²) in [5.41, 5.74) is 3.45. The highest BCUT2D eigenvalue weighted by atomic mass is 16.1. The van der Waals surface area contributed by atoms with Gasteiger partial charge in [-0.05, 0) is 49.1 Å². The van der Waals surface area contributed by atoms with Crippen LogP contribution in [0.3, 0.4) is 0 Å². The van der Waals surface area contributed by atoms with Gasteiger partial charge in [-0.25, -0.2) is 0 Å². The number of aromatic amines is 1. The van der Waals surface area contributed by atoms with Crippen molar-refractivity contribution in [1.82, 2.24) is 4.98 Å². The van der Waals surface area contributed by atoms with E-state index in [1.165, 1.54) is 0 Å². The molecule has 0 aliphatic carbocycles. The fourth-order valence-corrected chi connectivity index (χ4v) is 3.76. The molecular formula is C23H22N4O. The topological polar surface area (TPSA) is 71.9 Å². The zero-order chi connectivity index (χ0) is 19.3. The van der Waals surface area contributed by atoms with Crippen molar-refractivity contribution in [2.24, 2.45) is 5.92 Å². The third-order valence-corrected chi connectivity index (χ3v) is 5.27. The minimum absolute atomic E-state index is 0.112. The predicted octanol–water partition coefficient (Wildman–Crippen LogP) is 4.45. The molecule has 2 aromatic carbocycles. The standard InChI is InChI=1S/C23H22N4O/c24-16-19-4-1-2-7-21(19)27-14-11-17(12-15-27)8-9-22(28)26-20-6-3-5-18-10-13-25-23(18)20/h1-10,13,17,25H,11-12,14-15H2,(H,26,28). The molecule has 1 aliphatic rings. The number of anilines is 2. The first-order valence-corrected chi connectivity index (χ1v) is 9.54. The molecule has 0 atom stereocenters. The van der Waals surface area contributed by atoms with Gasteiger partial charge < -0.3 is 15.2 Å². The summed E-state index contributed by atoms with van der Waals surface area (Å²) in [6.07, 6.45) is 7.46. The van der Waals surface area contributed by atoms with Gasteiger partial charge in [0.25, 0.3) is 0 Å². The zero-order valence-electron chi connectivity index (χ0n) is 15.6. The molecule has 4 rings (SSSR count). The Hall–Kier alpha value is -3.52. The van der Waals surface area contributed by atoms with Gasteiger partial charge in [0.05, 0.1) is 22.5 Å². The molecule has 5 nitrogen and oxygen atoms in total. The monoisotopic (exact) mass is 370 g/mol. The zero-order valence-corrected chi connectivity index (χ0v) is 15.6. The molecule has 0 unspecified atom stereocenters. The number of nitrogens with zero attached hydrogens (tertiary/aromatic N) is 2. The van der Waals surface area contributed by atoms with Crippen molar-refractivity contribution in [2.45, 2.75) is 12.8 Å². The molecule has 2 heterocycles. The van der Waals surface area contributed by atoms with Crippen molar-refractivity contribution in [3.63, 3.8) is 0 Å². The lowest BCUT2D eigenvalue weighted by Crippen LogP contribution is -2.33. The molecule has 3 aromatic rings. The molecule has 1 fully saturated rings. The van der Waals surface area contributed by atoms with Crippen LogP contribution in [0.4, 0.5) is 11.4 Å². The van der Waals surface area contributed by atoms with Crippen molar-refractivity contribution in [3.05, 3.63) is 72.4 Å². The average molecular weight is 370 g/mol. The van der Waals surface area contributed by atoms with Gasteiger partial charge in [0, 0.05) is 24.7 Å². The summed E-state index contributed by atoms with van der Waals surface area (Å²) >= 11 is 0. The van der Waals surface area contributed by atoms with E-state index in [4.69, 9.17) is 0 Å². The van der Waals surface area contributed by atoms with E-state index in [0.29, 0.717) is 5.92 Å². The number of aromatic nitrogens is 1. The van der Waals surface area contributed by atoms with Crippen LogP contribution in [0, 0.1) is 17.2 Å². The lowest BCUT2D eigenvalue weighted by Gasteiger charge is -2.33. The van der Waals surface area contributed by atoms with E-state index in [9.17, 15) is 10.1 Å². The second kappa shape index (κ2) is 8.01. The second-order valence-electron chi connectivity index (χ2n) is 7.05. The van der Waals surface area contributed by atoms with E-state index in [1.54, 1.807) is 6.08 Å². The number of nitriles is 1. The molecule has 1 saturated heterocycles. The molecule has 1 aromatic heterocycles. The Balaban J connectivity index is 1.34. The number of benzene rings is 2. The molecule has 2 N–H and O–H groups in total. The minimum Gasteiger partial charge on any atom is -0.370 e. The van der Waals surface area contributed by atoms with Gasteiger partial charge in [0.15, 0.2) is 0 Å². The summed E-state index contributed by atoms with van der Waals surface area (Å²) in [4.78, 5) is 17.8. The van der Waals surface area contributed by atoms with E-state index in [0.717, 1.165) is 53.8 Å². The third kappa shape index (κ3) is 3.77. The SMILES string of the molecule is N#Cc1ccccc1N1CCC(C=CC(=O)Nc2cccc3cc[nH]c23)CC1. The number of carbonyl (C=O) groups excluding carboxylic acids is 1. The quantitative estimate of drug-likeness (QED) is 0.667. The largest absolute Gasteiger partial charge is 0.370 e. The summed E-state index contributed by atoms with van der Waals surface area (Å²) < 4.78 is 0. The highest BCUT2D eigenvalue weighted by molar-refractivity contribution is 6.05. The maximum absolute atomic E-state index is 12.3. The summed E-state index contributed by atoms with van der Waals surface area (Å²) in [6.45, 7) is 1.77. The molecule has 5 heteroatoms. The summed E-state index contributed by atoms with van der Waals surface area (Å²) in [5.74, 6) is 0.261. The van der Waals surface area contributed by atoms with Crippen molar-refractivity contribution in [3.8, 4) is 6.07 Å². The Labute approximate surface area is 164 Å². The Kier molecular flexibility index (Phi) is 5.11. The van der Waals surface area contributed by atoms with E-state index < -0.39 is 0 Å². The number of hydrogen-bond donors (Lipinski definition) is 2. The van der Waals surface area contributed by atoms with E-state index in [-0.39, 0.29) is 5.91 Å². The van der Waals surface area contributed by atoms with Crippen LogP contribution in [0.25, 0.3) is 10.9 Å². The number of nitrogens with one attached hydrogen (secondary N) is 2. The number of para-hydroxylation sites is 2. The van der Waals surface area contributed by atoms with Gasteiger partial charge in [-0.15, -0.1) is 0 Å². The number of piperidine rings is 1. The smallest absolute Gasteiger partial charge is 0.248 e. The van der Waals surface area contributed by atoms with Crippen LogP contribution in [0.5, 0.6) is 0 Å². The number of carbonyl (C=O) groups is 1. The van der Waals surface area contributed by atoms with Crippen molar-refractivity contribution >= 4 is 28.2 Å². The highest BCUT2D eigenvalue weighted by Gasteiger charge is 2.19. The van der Waals surface area contributed by atoms with Gasteiger partial charge in [-0.2, -0.15) is 5.26 Å². The highest BCUT2D eigenvalue weighted by Crippen LogP contribution is 2.27. The molecule has 0 radical (unpaired) electrons. The lowest BCUT2D eigenvalue weighted by molar-refractivity contribution is -0.111. The molecule has 1 amide bonds. The maximum atomic E-state index is 12.3. The maximum Gasteiger partial charge on any atom is 0.248 e. The first-order chi connectivity index (χ1) is 13.7. The summed E-state index contributed by atoms with van der Waals surface area (Å²) in [5, 5.41) is 13.3. The first kappa shape index (κ1) is 17.9. The normalized spacial score (nSPS) is 15.0. The van der Waals surface area contributed by atoms with Crippen LogP contribution >= 0.6 is 0 Å². The molecule has 0 bridgehead atoms. The van der Waals surface area contributed by atoms with Gasteiger partial charge in [-0.3, -0.25) is 4.79 Å². The van der Waals surface area contributed by atoms with Gasteiger partial charge in [0.1, 0.15) is 6.07 Å². The van der Waals surface area contributed by atoms with Crippen LogP contribution in [0.2, 0.25) is 0 Å².